The Morgan fingerprint density at radius 2 is 0.864 bits per heavy atom. The number of unbranched alkanes of at least 4 members (excludes halogenated alkanes) is 27. The van der Waals surface area contributed by atoms with E-state index in [1.54, 1.807) is 0 Å². The van der Waals surface area contributed by atoms with Gasteiger partial charge in [-0.1, -0.05) is 185 Å². The Labute approximate surface area is 363 Å². The Kier molecular flexibility index (Phi) is 44.4. The summed E-state index contributed by atoms with van der Waals surface area (Å²) < 4.78 is 32.8. The highest BCUT2D eigenvalue weighted by molar-refractivity contribution is 7.47. The Hall–Kier alpha value is -1.77. The Morgan fingerprint density at radius 3 is 1.31 bits per heavy atom. The number of phosphoric ester groups is 1. The molecule has 0 radical (unpaired) electrons. The number of carbonyl (C=O) groups is 2. The summed E-state index contributed by atoms with van der Waals surface area (Å²) in [5.41, 5.74) is 5.35. The molecule has 0 aromatic carbocycles. The fourth-order valence-electron chi connectivity index (χ4n) is 6.83. The molecule has 10 heteroatoms. The number of phosphoric acid groups is 1. The highest BCUT2D eigenvalue weighted by Gasteiger charge is 2.26. The average molecular weight is 854 g/mol. The first-order valence-electron chi connectivity index (χ1n) is 24.5. The van der Waals surface area contributed by atoms with Gasteiger partial charge in [0.05, 0.1) is 13.2 Å². The lowest BCUT2D eigenvalue weighted by Gasteiger charge is -2.19. The van der Waals surface area contributed by atoms with Crippen LogP contribution in [-0.2, 0) is 32.7 Å². The molecule has 0 aromatic heterocycles. The second kappa shape index (κ2) is 45.7. The molecular formula is C49H92NO8P. The summed E-state index contributed by atoms with van der Waals surface area (Å²) in [6.45, 7) is 3.70. The third kappa shape index (κ3) is 45.6. The third-order valence-electron chi connectivity index (χ3n) is 10.5. The topological polar surface area (TPSA) is 134 Å². The fourth-order valence-corrected chi connectivity index (χ4v) is 7.59. The Balaban J connectivity index is 4.10. The van der Waals surface area contributed by atoms with Crippen LogP contribution in [0.1, 0.15) is 232 Å². The van der Waals surface area contributed by atoms with E-state index >= 15 is 0 Å². The lowest BCUT2D eigenvalue weighted by molar-refractivity contribution is -0.161. The number of allylic oxidation sites excluding steroid dienone is 6. The monoisotopic (exact) mass is 854 g/mol. The van der Waals surface area contributed by atoms with Crippen LogP contribution in [-0.4, -0.2) is 49.3 Å². The number of rotatable bonds is 46. The molecule has 0 saturated heterocycles. The predicted octanol–water partition coefficient (Wildman–Crippen LogP) is 14.5. The molecule has 0 bridgehead atoms. The van der Waals surface area contributed by atoms with Crippen molar-refractivity contribution in [3.8, 4) is 0 Å². The zero-order chi connectivity index (χ0) is 43.2. The van der Waals surface area contributed by atoms with Crippen molar-refractivity contribution in [3.63, 3.8) is 0 Å². The molecule has 0 fully saturated rings. The smallest absolute Gasteiger partial charge is 0.462 e. The number of ether oxygens (including phenoxy) is 2. The summed E-state index contributed by atoms with van der Waals surface area (Å²) in [4.78, 5) is 34.9. The highest BCUT2D eigenvalue weighted by atomic mass is 31.2. The maximum Gasteiger partial charge on any atom is 0.472 e. The van der Waals surface area contributed by atoms with E-state index in [2.05, 4.69) is 50.3 Å². The average Bonchev–Trinajstić information content (AvgIpc) is 3.22. The van der Waals surface area contributed by atoms with E-state index in [0.717, 1.165) is 57.8 Å². The van der Waals surface area contributed by atoms with E-state index in [9.17, 15) is 19.0 Å². The zero-order valence-electron chi connectivity index (χ0n) is 38.2. The summed E-state index contributed by atoms with van der Waals surface area (Å²) in [6, 6.07) is 0. The molecule has 0 aliphatic heterocycles. The molecule has 0 saturated carbocycles. The Bertz CT molecular complexity index is 1060. The van der Waals surface area contributed by atoms with Crippen molar-refractivity contribution in [2.24, 2.45) is 5.73 Å². The van der Waals surface area contributed by atoms with Crippen molar-refractivity contribution < 1.29 is 37.6 Å². The van der Waals surface area contributed by atoms with E-state index in [0.29, 0.717) is 12.8 Å². The van der Waals surface area contributed by atoms with Gasteiger partial charge >= 0.3 is 19.8 Å². The van der Waals surface area contributed by atoms with Crippen molar-refractivity contribution in [1.29, 1.82) is 0 Å². The van der Waals surface area contributed by atoms with Gasteiger partial charge in [-0.2, -0.15) is 0 Å². The minimum absolute atomic E-state index is 0.0473. The van der Waals surface area contributed by atoms with E-state index in [1.165, 1.54) is 135 Å². The summed E-state index contributed by atoms with van der Waals surface area (Å²) in [5, 5.41) is 0. The largest absolute Gasteiger partial charge is 0.472 e. The molecule has 9 nitrogen and oxygen atoms in total. The second-order valence-corrected chi connectivity index (χ2v) is 17.8. The minimum Gasteiger partial charge on any atom is -0.462 e. The van der Waals surface area contributed by atoms with Crippen molar-refractivity contribution in [2.45, 2.75) is 238 Å². The number of esters is 2. The second-order valence-electron chi connectivity index (χ2n) is 16.3. The standard InChI is InChI=1S/C49H92NO8P/c1-3-5-7-9-11-13-15-17-19-20-21-22-23-24-25-26-28-29-31-33-35-37-39-41-48(51)55-45-47(46-57-59(53,54)56-44-43-50)58-49(52)42-40-38-36-34-32-30-27-18-16-14-12-10-8-6-4-2/h18,26-28,33,35,47H,3-17,19-25,29-32,34,36-46,50H2,1-2H3,(H,53,54)/b27-18+,28-26+,35-33+/t47-/m0/s1. The first-order valence-corrected chi connectivity index (χ1v) is 26.0. The lowest BCUT2D eigenvalue weighted by Crippen LogP contribution is -2.29. The minimum atomic E-state index is -4.39. The van der Waals surface area contributed by atoms with E-state index in [1.807, 2.05) is 0 Å². The molecule has 0 rings (SSSR count). The fraction of sp³-hybridized carbons (Fsp3) is 0.837. The molecule has 0 amide bonds. The summed E-state index contributed by atoms with van der Waals surface area (Å²) in [7, 11) is -4.39. The van der Waals surface area contributed by atoms with Crippen molar-refractivity contribution in [3.05, 3.63) is 36.5 Å². The van der Waals surface area contributed by atoms with Crippen LogP contribution in [0.5, 0.6) is 0 Å². The van der Waals surface area contributed by atoms with E-state index in [4.69, 9.17) is 24.3 Å². The zero-order valence-corrected chi connectivity index (χ0v) is 39.1. The van der Waals surface area contributed by atoms with Gasteiger partial charge in [0.2, 0.25) is 0 Å². The van der Waals surface area contributed by atoms with Gasteiger partial charge in [0.1, 0.15) is 6.61 Å². The molecule has 0 aromatic rings. The molecule has 0 aliphatic carbocycles. The van der Waals surface area contributed by atoms with Crippen LogP contribution in [0.2, 0.25) is 0 Å². The van der Waals surface area contributed by atoms with Crippen molar-refractivity contribution >= 4 is 19.8 Å². The number of hydrogen-bond acceptors (Lipinski definition) is 8. The summed E-state index contributed by atoms with van der Waals surface area (Å²) >= 11 is 0. The Morgan fingerprint density at radius 1 is 0.492 bits per heavy atom. The number of nitrogens with two attached hydrogens (primary N) is 1. The van der Waals surface area contributed by atoms with E-state index < -0.39 is 32.5 Å². The molecule has 0 aliphatic rings. The van der Waals surface area contributed by atoms with Crippen LogP contribution in [0.15, 0.2) is 36.5 Å². The SMILES string of the molecule is CCCCCCCC/C=C/CCCCCCCC(=O)O[C@@H](COC(=O)CCC/C=C/CC/C=C/CCCCCCCCCCCCCCCC)COP(=O)(O)OCCN. The molecule has 0 spiro atoms. The molecule has 0 heterocycles. The molecule has 1 unspecified atom stereocenters. The molecule has 59 heavy (non-hydrogen) atoms. The molecule has 3 N–H and O–H groups in total. The van der Waals surface area contributed by atoms with Gasteiger partial charge in [-0.05, 0) is 70.6 Å². The highest BCUT2D eigenvalue weighted by Crippen LogP contribution is 2.43. The van der Waals surface area contributed by atoms with Crippen molar-refractivity contribution in [1.82, 2.24) is 0 Å². The van der Waals surface area contributed by atoms with Crippen LogP contribution in [0.3, 0.4) is 0 Å². The normalized spacial score (nSPS) is 13.5. The van der Waals surface area contributed by atoms with Gasteiger partial charge in [0.15, 0.2) is 6.10 Å². The summed E-state index contributed by atoms with van der Waals surface area (Å²) in [5.74, 6) is -0.882. The van der Waals surface area contributed by atoms with Gasteiger partial charge in [-0.25, -0.2) is 4.57 Å². The van der Waals surface area contributed by atoms with Gasteiger partial charge in [0, 0.05) is 19.4 Å². The summed E-state index contributed by atoms with van der Waals surface area (Å²) in [6.07, 6.45) is 52.0. The maximum absolute atomic E-state index is 12.6. The van der Waals surface area contributed by atoms with Crippen LogP contribution >= 0.6 is 7.82 Å². The first kappa shape index (κ1) is 57.2. The van der Waals surface area contributed by atoms with Crippen LogP contribution in [0.25, 0.3) is 0 Å². The maximum atomic E-state index is 12.6. The van der Waals surface area contributed by atoms with Crippen LogP contribution in [0.4, 0.5) is 0 Å². The van der Waals surface area contributed by atoms with Gasteiger partial charge in [-0.3, -0.25) is 18.6 Å². The lowest BCUT2D eigenvalue weighted by atomic mass is 10.0. The first-order chi connectivity index (χ1) is 28.8. The molecular weight excluding hydrogens is 762 g/mol. The van der Waals surface area contributed by atoms with Gasteiger partial charge in [0.25, 0.3) is 0 Å². The van der Waals surface area contributed by atoms with Gasteiger partial charge in [-0.15, -0.1) is 0 Å². The van der Waals surface area contributed by atoms with Crippen LogP contribution < -0.4 is 5.73 Å². The predicted molar refractivity (Wildman–Crippen MR) is 247 cm³/mol. The molecule has 346 valence electrons. The molecule has 2 atom stereocenters. The number of hydrogen-bond donors (Lipinski definition) is 2. The third-order valence-corrected chi connectivity index (χ3v) is 11.5. The van der Waals surface area contributed by atoms with E-state index in [-0.39, 0.29) is 32.6 Å². The quantitative estimate of drug-likeness (QED) is 0.0265. The van der Waals surface area contributed by atoms with Gasteiger partial charge < -0.3 is 20.1 Å². The van der Waals surface area contributed by atoms with Crippen LogP contribution in [0, 0.1) is 0 Å². The van der Waals surface area contributed by atoms with Crippen molar-refractivity contribution in [2.75, 3.05) is 26.4 Å². The number of carbonyl (C=O) groups excluding carboxylic acids is 2.